The van der Waals surface area contributed by atoms with Crippen LogP contribution in [0.3, 0.4) is 0 Å². The van der Waals surface area contributed by atoms with Crippen LogP contribution in [0.5, 0.6) is 0 Å². The molecule has 7 nitrogen and oxygen atoms in total. The van der Waals surface area contributed by atoms with E-state index in [0.717, 1.165) is 24.1 Å². The molecule has 1 aromatic carbocycles. The molecule has 7 heteroatoms. The molecule has 1 aliphatic heterocycles. The summed E-state index contributed by atoms with van der Waals surface area (Å²) in [5.74, 6) is -0.225. The molecule has 0 spiro atoms. The number of amides is 1. The highest BCUT2D eigenvalue weighted by Gasteiger charge is 2.11. The summed E-state index contributed by atoms with van der Waals surface area (Å²) in [5, 5.41) is 6.49. The van der Waals surface area contributed by atoms with Crippen molar-refractivity contribution in [2.24, 2.45) is 0 Å². The van der Waals surface area contributed by atoms with Gasteiger partial charge in [0.2, 0.25) is 0 Å². The molecule has 2 heterocycles. The van der Waals surface area contributed by atoms with Crippen LogP contribution in [0.4, 0.5) is 0 Å². The molecule has 0 saturated heterocycles. The highest BCUT2D eigenvalue weighted by atomic mass is 16.2. The molecule has 0 atom stereocenters. The van der Waals surface area contributed by atoms with Crippen molar-refractivity contribution in [3.05, 3.63) is 56.2 Å². The van der Waals surface area contributed by atoms with E-state index in [1.54, 1.807) is 25.1 Å². The van der Waals surface area contributed by atoms with E-state index in [1.165, 1.54) is 5.57 Å². The van der Waals surface area contributed by atoms with Gasteiger partial charge < -0.3 is 15.6 Å². The van der Waals surface area contributed by atoms with Crippen LogP contribution in [-0.4, -0.2) is 35.1 Å². The maximum atomic E-state index is 12.3. The smallest absolute Gasteiger partial charge is 0.328 e. The monoisotopic (exact) mass is 328 g/mol. The lowest BCUT2D eigenvalue weighted by molar-refractivity contribution is 0.0956. The summed E-state index contributed by atoms with van der Waals surface area (Å²) in [4.78, 5) is 39.1. The zero-order valence-electron chi connectivity index (χ0n) is 13.5. The lowest BCUT2D eigenvalue weighted by Crippen LogP contribution is -2.34. The largest absolute Gasteiger partial charge is 0.348 e. The van der Waals surface area contributed by atoms with Crippen LogP contribution in [0.25, 0.3) is 10.9 Å². The predicted molar refractivity (Wildman–Crippen MR) is 92.4 cm³/mol. The van der Waals surface area contributed by atoms with E-state index >= 15 is 0 Å². The number of nitrogens with zero attached hydrogens (tertiary/aromatic N) is 1. The fourth-order valence-corrected chi connectivity index (χ4v) is 2.81. The molecule has 2 aromatic rings. The topological polar surface area (TPSA) is 96.0 Å². The Morgan fingerprint density at radius 1 is 1.33 bits per heavy atom. The van der Waals surface area contributed by atoms with Crippen molar-refractivity contribution in [1.29, 1.82) is 0 Å². The van der Waals surface area contributed by atoms with E-state index in [4.69, 9.17) is 0 Å². The van der Waals surface area contributed by atoms with Crippen LogP contribution in [0.2, 0.25) is 0 Å². The molecule has 1 aliphatic rings. The Bertz CT molecular complexity index is 924. The fraction of sp³-hybridized carbons (Fsp3) is 0.353. The first-order valence-electron chi connectivity index (χ1n) is 8.04. The molecular formula is C17H20N4O3. The van der Waals surface area contributed by atoms with E-state index in [2.05, 4.69) is 21.7 Å². The van der Waals surface area contributed by atoms with Gasteiger partial charge in [0.15, 0.2) is 0 Å². The van der Waals surface area contributed by atoms with Crippen LogP contribution >= 0.6 is 0 Å². The number of benzene rings is 1. The van der Waals surface area contributed by atoms with Crippen molar-refractivity contribution in [2.75, 3.05) is 19.6 Å². The highest BCUT2D eigenvalue weighted by Crippen LogP contribution is 2.10. The lowest BCUT2D eigenvalue weighted by Gasteiger charge is -2.14. The molecule has 0 fully saturated rings. The second-order valence-electron chi connectivity index (χ2n) is 5.74. The number of carbonyl (C=O) groups excluding carboxylic acids is 1. The zero-order valence-corrected chi connectivity index (χ0v) is 13.5. The molecule has 3 rings (SSSR count). The highest BCUT2D eigenvalue weighted by molar-refractivity contribution is 5.97. The third-order valence-corrected chi connectivity index (χ3v) is 4.19. The van der Waals surface area contributed by atoms with Crippen LogP contribution < -0.4 is 21.9 Å². The molecule has 0 aliphatic carbocycles. The average Bonchev–Trinajstić information content (AvgIpc) is 2.60. The summed E-state index contributed by atoms with van der Waals surface area (Å²) in [6, 6.07) is 4.73. The lowest BCUT2D eigenvalue weighted by atomic mass is 10.1. The number of hydrogen-bond donors (Lipinski definition) is 3. The van der Waals surface area contributed by atoms with Gasteiger partial charge in [-0.3, -0.25) is 14.2 Å². The zero-order chi connectivity index (χ0) is 17.1. The standard InChI is InChI=1S/C17H20N4O3/c1-2-21-16(23)13-4-3-12(9-14(13)20-17(21)24)15(22)19-10-11-5-7-18-8-6-11/h3-5,9,18H,2,6-8,10H2,1H3,(H,19,22)(H,20,24). The molecule has 0 unspecified atom stereocenters. The second kappa shape index (κ2) is 6.84. The van der Waals surface area contributed by atoms with Crippen LogP contribution in [0.15, 0.2) is 39.4 Å². The van der Waals surface area contributed by atoms with Gasteiger partial charge >= 0.3 is 5.69 Å². The fourth-order valence-electron chi connectivity index (χ4n) is 2.81. The first kappa shape index (κ1) is 16.2. The maximum Gasteiger partial charge on any atom is 0.328 e. The van der Waals surface area contributed by atoms with Crippen LogP contribution in [-0.2, 0) is 6.54 Å². The van der Waals surface area contributed by atoms with Crippen molar-refractivity contribution in [3.8, 4) is 0 Å². The van der Waals surface area contributed by atoms with Gasteiger partial charge in [-0.05, 0) is 38.1 Å². The minimum atomic E-state index is -0.465. The molecule has 0 bridgehead atoms. The Balaban J connectivity index is 1.85. The summed E-state index contributed by atoms with van der Waals surface area (Å²) >= 11 is 0. The number of carbonyl (C=O) groups is 1. The second-order valence-corrected chi connectivity index (χ2v) is 5.74. The Hall–Kier alpha value is -2.67. The van der Waals surface area contributed by atoms with Gasteiger partial charge in [-0.1, -0.05) is 11.6 Å². The van der Waals surface area contributed by atoms with E-state index in [9.17, 15) is 14.4 Å². The molecule has 0 radical (unpaired) electrons. The summed E-state index contributed by atoms with van der Waals surface area (Å²) in [5.41, 5.74) is 1.18. The third kappa shape index (κ3) is 3.16. The van der Waals surface area contributed by atoms with E-state index in [1.807, 2.05) is 0 Å². The van der Waals surface area contributed by atoms with Crippen molar-refractivity contribution in [1.82, 2.24) is 20.2 Å². The molecule has 1 amide bonds. The maximum absolute atomic E-state index is 12.3. The average molecular weight is 328 g/mol. The Morgan fingerprint density at radius 2 is 2.17 bits per heavy atom. The van der Waals surface area contributed by atoms with Crippen molar-refractivity contribution in [2.45, 2.75) is 19.9 Å². The molecule has 0 saturated carbocycles. The number of hydrogen-bond acceptors (Lipinski definition) is 4. The summed E-state index contributed by atoms with van der Waals surface area (Å²) < 4.78 is 1.13. The number of H-pyrrole nitrogens is 1. The predicted octanol–water partition coefficient (Wildman–Crippen LogP) is 0.359. The Labute approximate surface area is 138 Å². The minimum absolute atomic E-state index is 0.225. The van der Waals surface area contributed by atoms with E-state index in [-0.39, 0.29) is 11.5 Å². The van der Waals surface area contributed by atoms with Gasteiger partial charge in [-0.2, -0.15) is 0 Å². The first-order valence-corrected chi connectivity index (χ1v) is 8.04. The molecule has 126 valence electrons. The van der Waals surface area contributed by atoms with Crippen LogP contribution in [0, 0.1) is 0 Å². The van der Waals surface area contributed by atoms with Crippen LogP contribution in [0.1, 0.15) is 23.7 Å². The molecular weight excluding hydrogens is 308 g/mol. The minimum Gasteiger partial charge on any atom is -0.348 e. The normalized spacial score (nSPS) is 14.5. The molecule has 24 heavy (non-hydrogen) atoms. The third-order valence-electron chi connectivity index (χ3n) is 4.19. The molecule has 3 N–H and O–H groups in total. The van der Waals surface area contributed by atoms with Crippen molar-refractivity contribution in [3.63, 3.8) is 0 Å². The Kier molecular flexibility index (Phi) is 4.61. The SMILES string of the molecule is CCn1c(=O)[nH]c2cc(C(=O)NCC3=CCNCC3)ccc2c1=O. The number of fused-ring (bicyclic) bond motifs is 1. The van der Waals surface area contributed by atoms with E-state index in [0.29, 0.717) is 29.6 Å². The quantitative estimate of drug-likeness (QED) is 0.706. The van der Waals surface area contributed by atoms with Crippen molar-refractivity contribution >= 4 is 16.8 Å². The summed E-state index contributed by atoms with van der Waals surface area (Å²) in [7, 11) is 0. The number of nitrogens with one attached hydrogen (secondary N) is 3. The Morgan fingerprint density at radius 3 is 2.88 bits per heavy atom. The van der Waals surface area contributed by atoms with Gasteiger partial charge in [0.05, 0.1) is 10.9 Å². The number of aromatic nitrogens is 2. The van der Waals surface area contributed by atoms with Gasteiger partial charge in [-0.25, -0.2) is 4.79 Å². The number of rotatable bonds is 4. The van der Waals surface area contributed by atoms with E-state index < -0.39 is 5.69 Å². The van der Waals surface area contributed by atoms with Crippen molar-refractivity contribution < 1.29 is 4.79 Å². The van der Waals surface area contributed by atoms with Gasteiger partial charge in [0.25, 0.3) is 11.5 Å². The van der Waals surface area contributed by atoms with Gasteiger partial charge in [-0.15, -0.1) is 0 Å². The first-order chi connectivity index (χ1) is 11.6. The summed E-state index contributed by atoms with van der Waals surface area (Å²) in [6.45, 7) is 4.29. The van der Waals surface area contributed by atoms with Gasteiger partial charge in [0.1, 0.15) is 0 Å². The molecule has 1 aromatic heterocycles. The number of aromatic amines is 1. The summed E-state index contributed by atoms with van der Waals surface area (Å²) in [6.07, 6.45) is 3.00. The van der Waals surface area contributed by atoms with Gasteiger partial charge in [0, 0.05) is 25.2 Å².